The van der Waals surface area contributed by atoms with E-state index in [4.69, 9.17) is 0 Å². The number of hydrogen-bond donors (Lipinski definition) is 1. The van der Waals surface area contributed by atoms with E-state index in [0.717, 1.165) is 6.42 Å². The monoisotopic (exact) mass is 409 g/mol. The van der Waals surface area contributed by atoms with Gasteiger partial charge in [-0.2, -0.15) is 0 Å². The molecule has 6 nitrogen and oxygen atoms in total. The van der Waals surface area contributed by atoms with E-state index in [1.54, 1.807) is 34.9 Å². The van der Waals surface area contributed by atoms with Crippen LogP contribution >= 0.6 is 11.8 Å². The van der Waals surface area contributed by atoms with Crippen molar-refractivity contribution in [3.05, 3.63) is 64.4 Å². The second-order valence-electron chi connectivity index (χ2n) is 6.75. The van der Waals surface area contributed by atoms with Crippen LogP contribution < -0.4 is 10.9 Å². The summed E-state index contributed by atoms with van der Waals surface area (Å²) in [4.78, 5) is 41.5. The first-order valence-electron chi connectivity index (χ1n) is 9.48. The van der Waals surface area contributed by atoms with E-state index in [1.165, 1.54) is 18.7 Å². The maximum Gasteiger partial charge on any atom is 0.262 e. The summed E-state index contributed by atoms with van der Waals surface area (Å²) in [5, 5.41) is 3.39. The number of benzene rings is 2. The molecular formula is C22H23N3O3S. The Bertz CT molecular complexity index is 1110. The third-order valence-electron chi connectivity index (χ3n) is 4.42. The zero-order chi connectivity index (χ0) is 21.0. The van der Waals surface area contributed by atoms with Crippen LogP contribution in [0.2, 0.25) is 0 Å². The second kappa shape index (κ2) is 9.05. The van der Waals surface area contributed by atoms with E-state index in [-0.39, 0.29) is 17.2 Å². The standard InChI is InChI=1S/C22H23N3O3S/c1-4-13-25-21(28)18-7-5-6-8-19(18)24-22(25)29-14(2)20(27)16-9-11-17(12-10-16)23-15(3)26/h5-12,14H,4,13H2,1-3H3,(H,23,26). The van der Waals surface area contributed by atoms with Gasteiger partial charge in [-0.25, -0.2) is 4.98 Å². The fraction of sp³-hybridized carbons (Fsp3) is 0.273. The lowest BCUT2D eigenvalue weighted by molar-refractivity contribution is -0.114. The van der Waals surface area contributed by atoms with Crippen LogP contribution in [0.25, 0.3) is 10.9 Å². The summed E-state index contributed by atoms with van der Waals surface area (Å²) in [5.41, 5.74) is 1.73. The van der Waals surface area contributed by atoms with Crippen LogP contribution in [0, 0.1) is 0 Å². The number of aromatic nitrogens is 2. The molecule has 0 spiro atoms. The lowest BCUT2D eigenvalue weighted by Gasteiger charge is -2.15. The van der Waals surface area contributed by atoms with E-state index in [0.29, 0.717) is 33.9 Å². The number of ketones is 1. The average molecular weight is 410 g/mol. The molecule has 1 N–H and O–H groups in total. The van der Waals surface area contributed by atoms with E-state index in [2.05, 4.69) is 10.3 Å². The maximum atomic E-state index is 12.9. The molecule has 0 saturated carbocycles. The van der Waals surface area contributed by atoms with Crippen molar-refractivity contribution in [1.29, 1.82) is 0 Å². The van der Waals surface area contributed by atoms with Crippen LogP contribution in [0.5, 0.6) is 0 Å². The Morgan fingerprint density at radius 1 is 1.14 bits per heavy atom. The molecule has 0 radical (unpaired) electrons. The van der Waals surface area contributed by atoms with Crippen LogP contribution in [0.4, 0.5) is 5.69 Å². The quantitative estimate of drug-likeness (QED) is 0.360. The highest BCUT2D eigenvalue weighted by Crippen LogP contribution is 2.25. The van der Waals surface area contributed by atoms with Crippen molar-refractivity contribution in [3.63, 3.8) is 0 Å². The lowest BCUT2D eigenvalue weighted by Crippen LogP contribution is -2.25. The summed E-state index contributed by atoms with van der Waals surface area (Å²) in [7, 11) is 0. The van der Waals surface area contributed by atoms with E-state index < -0.39 is 5.25 Å². The van der Waals surface area contributed by atoms with Gasteiger partial charge in [-0.15, -0.1) is 0 Å². The Balaban J connectivity index is 1.87. The molecule has 1 atom stereocenters. The number of hydrogen-bond acceptors (Lipinski definition) is 5. The molecule has 1 aromatic heterocycles. The summed E-state index contributed by atoms with van der Waals surface area (Å²) in [5.74, 6) is -0.223. The van der Waals surface area contributed by atoms with Crippen molar-refractivity contribution in [3.8, 4) is 0 Å². The molecule has 0 aliphatic carbocycles. The molecule has 3 aromatic rings. The Kier molecular flexibility index (Phi) is 6.49. The lowest BCUT2D eigenvalue weighted by atomic mass is 10.1. The molecule has 3 rings (SSSR count). The molecule has 1 unspecified atom stereocenters. The van der Waals surface area contributed by atoms with Crippen LogP contribution in [-0.2, 0) is 11.3 Å². The van der Waals surface area contributed by atoms with Crippen LogP contribution in [0.1, 0.15) is 37.6 Å². The number of carbonyl (C=O) groups is 2. The number of anilines is 1. The largest absolute Gasteiger partial charge is 0.326 e. The summed E-state index contributed by atoms with van der Waals surface area (Å²) < 4.78 is 1.65. The fourth-order valence-corrected chi connectivity index (χ4v) is 4.04. The molecule has 7 heteroatoms. The second-order valence-corrected chi connectivity index (χ2v) is 8.06. The van der Waals surface area contributed by atoms with Gasteiger partial charge in [0.1, 0.15) is 0 Å². The van der Waals surface area contributed by atoms with E-state index in [9.17, 15) is 14.4 Å². The van der Waals surface area contributed by atoms with Crippen molar-refractivity contribution in [2.24, 2.45) is 0 Å². The Labute approximate surface area is 173 Å². The van der Waals surface area contributed by atoms with Gasteiger partial charge < -0.3 is 5.32 Å². The molecule has 0 aliphatic rings. The first-order chi connectivity index (χ1) is 13.9. The average Bonchev–Trinajstić information content (AvgIpc) is 2.70. The van der Waals surface area contributed by atoms with Crippen molar-refractivity contribution < 1.29 is 9.59 Å². The molecule has 0 aliphatic heterocycles. The summed E-state index contributed by atoms with van der Waals surface area (Å²) >= 11 is 1.29. The summed E-state index contributed by atoms with van der Waals surface area (Å²) in [6.07, 6.45) is 0.792. The van der Waals surface area contributed by atoms with Gasteiger partial charge in [-0.3, -0.25) is 19.0 Å². The summed E-state index contributed by atoms with van der Waals surface area (Å²) in [6, 6.07) is 14.0. The molecule has 2 aromatic carbocycles. The minimum absolute atomic E-state index is 0.0603. The van der Waals surface area contributed by atoms with Crippen molar-refractivity contribution in [2.75, 3.05) is 5.32 Å². The molecule has 150 valence electrons. The van der Waals surface area contributed by atoms with E-state index >= 15 is 0 Å². The Morgan fingerprint density at radius 2 is 1.83 bits per heavy atom. The number of carbonyl (C=O) groups excluding carboxylic acids is 2. The SMILES string of the molecule is CCCn1c(SC(C)C(=O)c2ccc(NC(C)=O)cc2)nc2ccccc2c1=O. The van der Waals surface area contributed by atoms with Crippen molar-refractivity contribution in [2.45, 2.75) is 44.1 Å². The Morgan fingerprint density at radius 3 is 2.48 bits per heavy atom. The molecule has 29 heavy (non-hydrogen) atoms. The maximum absolute atomic E-state index is 12.9. The number of fused-ring (bicyclic) bond motifs is 1. The van der Waals surface area contributed by atoms with Crippen molar-refractivity contribution in [1.82, 2.24) is 9.55 Å². The van der Waals surface area contributed by atoms with Gasteiger partial charge in [0, 0.05) is 24.7 Å². The van der Waals surface area contributed by atoms with Gasteiger partial charge >= 0.3 is 0 Å². The highest BCUT2D eigenvalue weighted by Gasteiger charge is 2.20. The van der Waals surface area contributed by atoms with Gasteiger partial charge in [0.05, 0.1) is 16.2 Å². The fourth-order valence-electron chi connectivity index (χ4n) is 3.03. The molecule has 0 fully saturated rings. The number of Topliss-reactive ketones (excluding diaryl/α,β-unsaturated/α-hetero) is 1. The zero-order valence-corrected chi connectivity index (χ0v) is 17.5. The number of thioether (sulfide) groups is 1. The van der Waals surface area contributed by atoms with Gasteiger partial charge in [-0.05, 0) is 49.7 Å². The number of para-hydroxylation sites is 1. The Hall–Kier alpha value is -2.93. The summed E-state index contributed by atoms with van der Waals surface area (Å²) in [6.45, 7) is 5.79. The molecule has 1 amide bonds. The first-order valence-corrected chi connectivity index (χ1v) is 10.4. The minimum atomic E-state index is -0.419. The van der Waals surface area contributed by atoms with Crippen LogP contribution in [-0.4, -0.2) is 26.5 Å². The molecule has 1 heterocycles. The third kappa shape index (κ3) is 4.74. The first kappa shape index (κ1) is 20.8. The number of rotatable bonds is 7. The van der Waals surface area contributed by atoms with E-state index in [1.807, 2.05) is 32.0 Å². The highest BCUT2D eigenvalue weighted by molar-refractivity contribution is 8.00. The highest BCUT2D eigenvalue weighted by atomic mass is 32.2. The van der Waals surface area contributed by atoms with Gasteiger partial charge in [-0.1, -0.05) is 30.8 Å². The van der Waals surface area contributed by atoms with Gasteiger partial charge in [0.25, 0.3) is 5.56 Å². The predicted molar refractivity (Wildman–Crippen MR) is 117 cm³/mol. The topological polar surface area (TPSA) is 81.1 Å². The van der Waals surface area contributed by atoms with Crippen LogP contribution in [0.15, 0.2) is 58.5 Å². The molecule has 0 bridgehead atoms. The normalized spacial score (nSPS) is 12.0. The zero-order valence-electron chi connectivity index (χ0n) is 16.6. The molecule has 0 saturated heterocycles. The number of nitrogens with one attached hydrogen (secondary N) is 1. The third-order valence-corrected chi connectivity index (χ3v) is 5.51. The van der Waals surface area contributed by atoms with Gasteiger partial charge in [0.15, 0.2) is 10.9 Å². The number of amides is 1. The smallest absolute Gasteiger partial charge is 0.262 e. The van der Waals surface area contributed by atoms with Gasteiger partial charge in [0.2, 0.25) is 5.91 Å². The minimum Gasteiger partial charge on any atom is -0.326 e. The number of nitrogens with zero attached hydrogens (tertiary/aromatic N) is 2. The van der Waals surface area contributed by atoms with Crippen molar-refractivity contribution >= 4 is 40.0 Å². The predicted octanol–water partition coefficient (Wildman–Crippen LogP) is 4.13. The van der Waals surface area contributed by atoms with Crippen LogP contribution in [0.3, 0.4) is 0 Å². The molecular weight excluding hydrogens is 386 g/mol.